The van der Waals surface area contributed by atoms with Crippen LogP contribution in [0.4, 0.5) is 0 Å². The molecule has 0 saturated carbocycles. The molecule has 0 aliphatic rings. The van der Waals surface area contributed by atoms with Gasteiger partial charge in [-0.25, -0.2) is 0 Å². The fourth-order valence-electron chi connectivity index (χ4n) is 6.54. The zero-order chi connectivity index (χ0) is 30.4. The maximum atomic E-state index is 10.5. The summed E-state index contributed by atoms with van der Waals surface area (Å²) in [6.07, 6.45) is 52.9. The van der Waals surface area contributed by atoms with E-state index in [1.54, 1.807) is 0 Å². The molecule has 0 fully saturated rings. The minimum Gasteiger partial charge on any atom is -0.481 e. The van der Waals surface area contributed by atoms with E-state index in [4.69, 9.17) is 5.11 Å². The van der Waals surface area contributed by atoms with Gasteiger partial charge in [-0.15, -0.1) is 0 Å². The molecule has 0 aliphatic heterocycles. The van der Waals surface area contributed by atoms with Crippen molar-refractivity contribution in [1.82, 2.24) is 0 Å². The molecule has 0 radical (unpaired) electrons. The van der Waals surface area contributed by atoms with Crippen LogP contribution in [0.25, 0.3) is 0 Å². The van der Waals surface area contributed by atoms with Crippen molar-refractivity contribution in [2.75, 3.05) is 0 Å². The van der Waals surface area contributed by atoms with Crippen LogP contribution in [0.3, 0.4) is 0 Å². The molecule has 0 bridgehead atoms. The highest BCUT2D eigenvalue weighted by Gasteiger charge is 1.99. The standard InChI is InChI=1S/C40H80O2/c1-2-3-4-5-6-7-8-9-10-11-12-13-14-15-16-17-18-19-20-21-22-23-24-25-26-27-28-29-30-31-32-33-34-35-36-37-38-39-40(41)42/h2-39H2,1H3,(H,41,42). The van der Waals surface area contributed by atoms with Crippen molar-refractivity contribution >= 4 is 5.97 Å². The SMILES string of the molecule is CCCCCCCCCCCCCCCCCCCCCCCCCCCCCCCCCCCCCCCC(=O)O. The largest absolute Gasteiger partial charge is 0.481 e. The number of rotatable bonds is 38. The average Bonchev–Trinajstić information content (AvgIpc) is 2.98. The minimum atomic E-state index is -0.647. The van der Waals surface area contributed by atoms with Crippen molar-refractivity contribution in [3.63, 3.8) is 0 Å². The first-order valence-corrected chi connectivity index (χ1v) is 20.0. The fourth-order valence-corrected chi connectivity index (χ4v) is 6.54. The molecular formula is C40H80O2. The highest BCUT2D eigenvalue weighted by Crippen LogP contribution is 2.17. The third kappa shape index (κ3) is 39.5. The van der Waals surface area contributed by atoms with Crippen molar-refractivity contribution in [1.29, 1.82) is 0 Å². The number of hydrogen-bond donors (Lipinski definition) is 1. The van der Waals surface area contributed by atoms with Gasteiger partial charge in [0.1, 0.15) is 0 Å². The number of carboxylic acid groups (broad SMARTS) is 1. The summed E-state index contributed by atoms with van der Waals surface area (Å²) in [5.41, 5.74) is 0. The molecule has 0 saturated heterocycles. The van der Waals surface area contributed by atoms with Crippen LogP contribution in [0, 0.1) is 0 Å². The Morgan fingerprint density at radius 1 is 0.286 bits per heavy atom. The molecular weight excluding hydrogens is 512 g/mol. The highest BCUT2D eigenvalue weighted by atomic mass is 16.4. The van der Waals surface area contributed by atoms with Gasteiger partial charge < -0.3 is 5.11 Å². The first-order valence-electron chi connectivity index (χ1n) is 20.0. The smallest absolute Gasteiger partial charge is 0.303 e. The van der Waals surface area contributed by atoms with E-state index in [0.717, 1.165) is 12.8 Å². The quantitative estimate of drug-likeness (QED) is 0.0724. The van der Waals surface area contributed by atoms with Gasteiger partial charge >= 0.3 is 5.97 Å². The molecule has 0 atom stereocenters. The summed E-state index contributed by atoms with van der Waals surface area (Å²) < 4.78 is 0. The van der Waals surface area contributed by atoms with E-state index in [9.17, 15) is 4.79 Å². The Balaban J connectivity index is 3.03. The van der Waals surface area contributed by atoms with Crippen LogP contribution >= 0.6 is 0 Å². The summed E-state index contributed by atoms with van der Waals surface area (Å²) in [5.74, 6) is -0.647. The van der Waals surface area contributed by atoms with Gasteiger partial charge in [0.15, 0.2) is 0 Å². The first kappa shape index (κ1) is 41.5. The molecule has 0 aromatic rings. The van der Waals surface area contributed by atoms with Crippen LogP contribution in [-0.4, -0.2) is 11.1 Å². The van der Waals surface area contributed by atoms with Gasteiger partial charge in [-0.2, -0.15) is 0 Å². The molecule has 0 amide bonds. The maximum Gasteiger partial charge on any atom is 0.303 e. The Labute approximate surface area is 266 Å². The van der Waals surface area contributed by atoms with E-state index >= 15 is 0 Å². The van der Waals surface area contributed by atoms with E-state index in [1.807, 2.05) is 0 Å². The Kier molecular flexibility index (Phi) is 38.0. The summed E-state index contributed by atoms with van der Waals surface area (Å²) >= 11 is 0. The monoisotopic (exact) mass is 593 g/mol. The molecule has 2 nitrogen and oxygen atoms in total. The predicted octanol–water partition coefficient (Wildman–Crippen LogP) is 14.9. The van der Waals surface area contributed by atoms with Crippen molar-refractivity contribution in [3.05, 3.63) is 0 Å². The second-order valence-electron chi connectivity index (χ2n) is 13.9. The van der Waals surface area contributed by atoms with Gasteiger partial charge in [-0.05, 0) is 6.42 Å². The predicted molar refractivity (Wildman–Crippen MR) is 189 cm³/mol. The van der Waals surface area contributed by atoms with Crippen LogP contribution < -0.4 is 0 Å². The Bertz CT molecular complexity index is 488. The molecule has 0 aromatic carbocycles. The lowest BCUT2D eigenvalue weighted by Gasteiger charge is -2.05. The molecule has 2 heteroatoms. The number of carboxylic acids is 1. The molecule has 0 rings (SSSR count). The van der Waals surface area contributed by atoms with Crippen LogP contribution in [0.15, 0.2) is 0 Å². The van der Waals surface area contributed by atoms with Gasteiger partial charge in [-0.3, -0.25) is 4.79 Å². The van der Waals surface area contributed by atoms with E-state index in [1.165, 1.54) is 225 Å². The van der Waals surface area contributed by atoms with Gasteiger partial charge in [0, 0.05) is 6.42 Å². The van der Waals surface area contributed by atoms with E-state index < -0.39 is 5.97 Å². The van der Waals surface area contributed by atoms with Crippen LogP contribution in [0.2, 0.25) is 0 Å². The highest BCUT2D eigenvalue weighted by molar-refractivity contribution is 5.66. The number of aliphatic carboxylic acids is 1. The lowest BCUT2D eigenvalue weighted by molar-refractivity contribution is -0.137. The first-order chi connectivity index (χ1) is 20.8. The summed E-state index contributed by atoms with van der Waals surface area (Å²) in [6.45, 7) is 2.30. The van der Waals surface area contributed by atoms with E-state index in [-0.39, 0.29) is 0 Å². The lowest BCUT2D eigenvalue weighted by Crippen LogP contribution is -1.93. The second kappa shape index (κ2) is 38.5. The van der Waals surface area contributed by atoms with Crippen molar-refractivity contribution in [3.8, 4) is 0 Å². The second-order valence-corrected chi connectivity index (χ2v) is 13.9. The Morgan fingerprint density at radius 3 is 0.571 bits per heavy atom. The molecule has 0 spiro atoms. The number of unbranched alkanes of at least 4 members (excludes halogenated alkanes) is 36. The van der Waals surface area contributed by atoms with Crippen molar-refractivity contribution in [2.45, 2.75) is 251 Å². The molecule has 0 aromatic heterocycles. The molecule has 0 heterocycles. The van der Waals surface area contributed by atoms with Crippen molar-refractivity contribution < 1.29 is 9.90 Å². The average molecular weight is 593 g/mol. The summed E-state index contributed by atoms with van der Waals surface area (Å²) in [6, 6.07) is 0. The third-order valence-electron chi connectivity index (χ3n) is 9.49. The van der Waals surface area contributed by atoms with Gasteiger partial charge in [-0.1, -0.05) is 238 Å². The topological polar surface area (TPSA) is 37.3 Å². The van der Waals surface area contributed by atoms with E-state index in [0.29, 0.717) is 6.42 Å². The van der Waals surface area contributed by atoms with Crippen molar-refractivity contribution in [2.24, 2.45) is 0 Å². The molecule has 0 unspecified atom stereocenters. The Morgan fingerprint density at radius 2 is 0.429 bits per heavy atom. The van der Waals surface area contributed by atoms with Gasteiger partial charge in [0.25, 0.3) is 0 Å². The number of hydrogen-bond acceptors (Lipinski definition) is 1. The van der Waals surface area contributed by atoms with E-state index in [2.05, 4.69) is 6.92 Å². The normalized spacial score (nSPS) is 11.5. The minimum absolute atomic E-state index is 0.347. The van der Waals surface area contributed by atoms with Gasteiger partial charge in [0.2, 0.25) is 0 Å². The maximum absolute atomic E-state index is 10.5. The molecule has 1 N–H and O–H groups in total. The number of carbonyl (C=O) groups is 1. The van der Waals surface area contributed by atoms with Gasteiger partial charge in [0.05, 0.1) is 0 Å². The molecule has 42 heavy (non-hydrogen) atoms. The Hall–Kier alpha value is -0.530. The zero-order valence-corrected chi connectivity index (χ0v) is 29.2. The third-order valence-corrected chi connectivity index (χ3v) is 9.49. The zero-order valence-electron chi connectivity index (χ0n) is 29.2. The summed E-state index contributed by atoms with van der Waals surface area (Å²) in [7, 11) is 0. The molecule has 252 valence electrons. The van der Waals surface area contributed by atoms with Crippen LogP contribution in [-0.2, 0) is 4.79 Å². The molecule has 0 aliphatic carbocycles. The summed E-state index contributed by atoms with van der Waals surface area (Å²) in [5, 5.41) is 8.64. The van der Waals surface area contributed by atoms with Crippen LogP contribution in [0.1, 0.15) is 251 Å². The lowest BCUT2D eigenvalue weighted by atomic mass is 10.0. The summed E-state index contributed by atoms with van der Waals surface area (Å²) in [4.78, 5) is 10.5. The fraction of sp³-hybridized carbons (Fsp3) is 0.975. The van der Waals surface area contributed by atoms with Crippen LogP contribution in [0.5, 0.6) is 0 Å².